The number of aromatic nitrogens is 2. The van der Waals surface area contributed by atoms with Crippen LogP contribution in [0.25, 0.3) is 0 Å². The molecule has 0 saturated heterocycles. The first-order chi connectivity index (χ1) is 8.69. The number of carbonyl (C=O) groups excluding carboxylic acids is 1. The minimum Gasteiger partial charge on any atom is -0.367 e. The van der Waals surface area contributed by atoms with Gasteiger partial charge >= 0.3 is 0 Å². The fraction of sp³-hybridized carbons (Fsp3) is 0.615. The van der Waals surface area contributed by atoms with E-state index in [9.17, 15) is 4.79 Å². The van der Waals surface area contributed by atoms with Crippen LogP contribution in [-0.2, 0) is 4.79 Å². The van der Waals surface area contributed by atoms with Crippen molar-refractivity contribution >= 4 is 17.4 Å². The molecule has 1 saturated carbocycles. The third kappa shape index (κ3) is 3.18. The molecule has 0 amide bonds. The van der Waals surface area contributed by atoms with Crippen LogP contribution in [0.5, 0.6) is 0 Å². The molecule has 0 bridgehead atoms. The lowest BCUT2D eigenvalue weighted by Crippen LogP contribution is -2.26. The van der Waals surface area contributed by atoms with Crippen LogP contribution in [0.1, 0.15) is 32.6 Å². The molecule has 5 heteroatoms. The largest absolute Gasteiger partial charge is 0.367 e. The van der Waals surface area contributed by atoms with Crippen LogP contribution < -0.4 is 10.2 Å². The summed E-state index contributed by atoms with van der Waals surface area (Å²) in [7, 11) is 2.01. The van der Waals surface area contributed by atoms with Crippen molar-refractivity contribution < 1.29 is 4.79 Å². The quantitative estimate of drug-likeness (QED) is 0.881. The highest BCUT2D eigenvalue weighted by molar-refractivity contribution is 5.79. The fourth-order valence-electron chi connectivity index (χ4n) is 2.09. The van der Waals surface area contributed by atoms with Gasteiger partial charge in [0.05, 0.1) is 0 Å². The van der Waals surface area contributed by atoms with Gasteiger partial charge in [-0.15, -0.1) is 0 Å². The van der Waals surface area contributed by atoms with Gasteiger partial charge in [-0.25, -0.2) is 9.97 Å². The molecule has 0 spiro atoms. The molecule has 2 rings (SSSR count). The zero-order valence-electron chi connectivity index (χ0n) is 11.0. The van der Waals surface area contributed by atoms with Crippen LogP contribution in [0.3, 0.4) is 0 Å². The Bertz CT molecular complexity index is 411. The number of anilines is 2. The maximum absolute atomic E-state index is 11.2. The van der Waals surface area contributed by atoms with Crippen LogP contribution in [0.15, 0.2) is 12.4 Å². The summed E-state index contributed by atoms with van der Waals surface area (Å²) in [5, 5.41) is 3.39. The van der Waals surface area contributed by atoms with E-state index < -0.39 is 0 Å². The van der Waals surface area contributed by atoms with E-state index in [0.29, 0.717) is 24.7 Å². The summed E-state index contributed by atoms with van der Waals surface area (Å²) in [6, 6.07) is 2.32. The molecule has 1 fully saturated rings. The Morgan fingerprint density at radius 2 is 2.11 bits per heavy atom. The molecule has 1 N–H and O–H groups in total. The molecular weight excluding hydrogens is 228 g/mol. The Labute approximate surface area is 108 Å². The highest BCUT2D eigenvalue weighted by atomic mass is 16.1. The Morgan fingerprint density at radius 1 is 1.39 bits per heavy atom. The second-order valence-corrected chi connectivity index (χ2v) is 4.73. The molecular formula is C13H20N4O. The molecule has 0 aromatic carbocycles. The molecule has 0 unspecified atom stereocenters. The predicted molar refractivity (Wildman–Crippen MR) is 71.9 cm³/mol. The average molecular weight is 248 g/mol. The van der Waals surface area contributed by atoms with Crippen LogP contribution in [0, 0.1) is 0 Å². The van der Waals surface area contributed by atoms with Crippen molar-refractivity contribution in [3.05, 3.63) is 12.4 Å². The number of ketones is 1. The Morgan fingerprint density at radius 3 is 2.78 bits per heavy atom. The molecule has 0 radical (unpaired) electrons. The Hall–Kier alpha value is -1.65. The zero-order valence-corrected chi connectivity index (χ0v) is 11.0. The molecule has 5 nitrogen and oxygen atoms in total. The third-order valence-electron chi connectivity index (χ3n) is 3.41. The first kappa shape index (κ1) is 12.8. The second kappa shape index (κ2) is 5.80. The molecule has 1 aliphatic rings. The number of nitrogens with one attached hydrogen (secondary N) is 1. The first-order valence-electron chi connectivity index (χ1n) is 6.50. The summed E-state index contributed by atoms with van der Waals surface area (Å²) in [5.41, 5.74) is 0. The highest BCUT2D eigenvalue weighted by Crippen LogP contribution is 2.20. The Kier molecular flexibility index (Phi) is 4.12. The average Bonchev–Trinajstić information content (AvgIpc) is 2.41. The van der Waals surface area contributed by atoms with Gasteiger partial charge in [0.2, 0.25) is 0 Å². The second-order valence-electron chi connectivity index (χ2n) is 4.73. The summed E-state index contributed by atoms with van der Waals surface area (Å²) >= 11 is 0. The van der Waals surface area contributed by atoms with Crippen molar-refractivity contribution in [3.63, 3.8) is 0 Å². The van der Waals surface area contributed by atoms with Crippen LogP contribution >= 0.6 is 0 Å². The molecule has 1 aliphatic carbocycles. The van der Waals surface area contributed by atoms with Crippen molar-refractivity contribution in [1.82, 2.24) is 9.97 Å². The maximum Gasteiger partial charge on any atom is 0.133 e. The fourth-order valence-corrected chi connectivity index (χ4v) is 2.09. The van der Waals surface area contributed by atoms with E-state index in [2.05, 4.69) is 27.1 Å². The van der Waals surface area contributed by atoms with E-state index in [1.807, 2.05) is 13.1 Å². The van der Waals surface area contributed by atoms with Crippen molar-refractivity contribution in [3.8, 4) is 0 Å². The van der Waals surface area contributed by atoms with Gasteiger partial charge in [0.25, 0.3) is 0 Å². The normalized spacial score (nSPS) is 16.7. The summed E-state index contributed by atoms with van der Waals surface area (Å²) < 4.78 is 0. The summed E-state index contributed by atoms with van der Waals surface area (Å²) in [4.78, 5) is 21.7. The predicted octanol–water partition coefficient (Wildman–Crippen LogP) is 1.86. The topological polar surface area (TPSA) is 58.1 Å². The minimum atomic E-state index is 0.359. The molecule has 0 aliphatic heterocycles. The molecule has 98 valence electrons. The number of carbonyl (C=O) groups is 1. The van der Waals surface area contributed by atoms with E-state index in [1.165, 1.54) is 0 Å². The lowest BCUT2D eigenvalue weighted by molar-refractivity contribution is -0.120. The van der Waals surface area contributed by atoms with Crippen LogP contribution in [0.2, 0.25) is 0 Å². The molecule has 1 aromatic rings. The summed E-state index contributed by atoms with van der Waals surface area (Å²) in [6.45, 7) is 3.00. The minimum absolute atomic E-state index is 0.359. The van der Waals surface area contributed by atoms with E-state index >= 15 is 0 Å². The third-order valence-corrected chi connectivity index (χ3v) is 3.41. The number of Topliss-reactive ketones (excluding diaryl/α,β-unsaturated/α-hetero) is 1. The van der Waals surface area contributed by atoms with Gasteiger partial charge in [-0.3, -0.25) is 4.79 Å². The van der Waals surface area contributed by atoms with Crippen LogP contribution in [-0.4, -0.2) is 35.4 Å². The zero-order chi connectivity index (χ0) is 13.0. The number of rotatable bonds is 4. The van der Waals surface area contributed by atoms with Crippen LogP contribution in [0.4, 0.5) is 11.6 Å². The molecule has 1 heterocycles. The standard InChI is InChI=1S/C13H20N4O/c1-3-17(2)13-8-12(14-9-15-13)16-10-4-6-11(18)7-5-10/h8-10H,3-7H2,1-2H3,(H,14,15,16). The van der Waals surface area contributed by atoms with Gasteiger partial charge in [0.15, 0.2) is 0 Å². The van der Waals surface area contributed by atoms with Gasteiger partial charge in [-0.1, -0.05) is 0 Å². The van der Waals surface area contributed by atoms with Gasteiger partial charge in [0, 0.05) is 38.5 Å². The smallest absolute Gasteiger partial charge is 0.133 e. The van der Waals surface area contributed by atoms with Gasteiger partial charge in [0.1, 0.15) is 23.7 Å². The van der Waals surface area contributed by atoms with Crippen molar-refractivity contribution in [2.75, 3.05) is 23.8 Å². The lowest BCUT2D eigenvalue weighted by Gasteiger charge is -2.23. The monoisotopic (exact) mass is 248 g/mol. The van der Waals surface area contributed by atoms with Gasteiger partial charge < -0.3 is 10.2 Å². The SMILES string of the molecule is CCN(C)c1cc(NC2CCC(=O)CC2)ncn1. The summed E-state index contributed by atoms with van der Waals surface area (Å²) in [5.74, 6) is 2.14. The maximum atomic E-state index is 11.2. The number of nitrogens with zero attached hydrogens (tertiary/aromatic N) is 3. The van der Waals surface area contributed by atoms with Gasteiger partial charge in [-0.05, 0) is 19.8 Å². The number of hydrogen-bond donors (Lipinski definition) is 1. The molecule has 0 atom stereocenters. The molecule has 1 aromatic heterocycles. The number of hydrogen-bond acceptors (Lipinski definition) is 5. The lowest BCUT2D eigenvalue weighted by atomic mass is 9.94. The van der Waals surface area contributed by atoms with E-state index in [1.54, 1.807) is 6.33 Å². The summed E-state index contributed by atoms with van der Waals surface area (Å²) in [6.07, 6.45) is 4.76. The van der Waals surface area contributed by atoms with E-state index in [-0.39, 0.29) is 0 Å². The highest BCUT2D eigenvalue weighted by Gasteiger charge is 2.18. The van der Waals surface area contributed by atoms with Gasteiger partial charge in [-0.2, -0.15) is 0 Å². The first-order valence-corrected chi connectivity index (χ1v) is 6.50. The Balaban J connectivity index is 1.98. The molecule has 18 heavy (non-hydrogen) atoms. The van der Waals surface area contributed by atoms with Crippen molar-refractivity contribution in [2.24, 2.45) is 0 Å². The van der Waals surface area contributed by atoms with E-state index in [0.717, 1.165) is 31.0 Å². The van der Waals surface area contributed by atoms with Crippen molar-refractivity contribution in [1.29, 1.82) is 0 Å². The van der Waals surface area contributed by atoms with Crippen molar-refractivity contribution in [2.45, 2.75) is 38.6 Å². The van der Waals surface area contributed by atoms with E-state index in [4.69, 9.17) is 0 Å².